The van der Waals surface area contributed by atoms with Crippen LogP contribution in [0, 0.1) is 13.8 Å². The van der Waals surface area contributed by atoms with Gasteiger partial charge < -0.3 is 9.64 Å². The second-order valence-electron chi connectivity index (χ2n) is 11.0. The number of benzene rings is 2. The SMILES string of the molecule is COC(=O)c1cccnc1CCCN1CCN(C(=O)c2cc(C(F)(F)F)cc(C(F)(F)F)c2)[C@H](Cc2ccc(C)c(C)c2)C1.Cl.Cl. The molecule has 1 atom stereocenters. The summed E-state index contributed by atoms with van der Waals surface area (Å²) >= 11 is 0. The van der Waals surface area contributed by atoms with Crippen LogP contribution < -0.4 is 0 Å². The van der Waals surface area contributed by atoms with Gasteiger partial charge in [-0.1, -0.05) is 18.2 Å². The molecule has 3 aromatic rings. The molecule has 1 aliphatic heterocycles. The maximum absolute atomic E-state index is 13.6. The highest BCUT2D eigenvalue weighted by atomic mass is 35.5. The highest BCUT2D eigenvalue weighted by molar-refractivity contribution is 5.95. The third-order valence-electron chi connectivity index (χ3n) is 7.89. The molecule has 14 heteroatoms. The predicted octanol–water partition coefficient (Wildman–Crippen LogP) is 7.37. The molecular formula is C32H35Cl2F6N3O3. The van der Waals surface area contributed by atoms with E-state index in [0.717, 1.165) is 16.7 Å². The number of piperazine rings is 1. The van der Waals surface area contributed by atoms with Crippen LogP contribution in [0.5, 0.6) is 0 Å². The molecule has 0 spiro atoms. The van der Waals surface area contributed by atoms with Crippen molar-refractivity contribution in [2.45, 2.75) is 51.5 Å². The van der Waals surface area contributed by atoms with Crippen LogP contribution in [-0.2, 0) is 29.9 Å². The van der Waals surface area contributed by atoms with Gasteiger partial charge in [-0.3, -0.25) is 14.7 Å². The molecule has 2 aromatic carbocycles. The van der Waals surface area contributed by atoms with E-state index in [1.54, 1.807) is 18.3 Å². The smallest absolute Gasteiger partial charge is 0.416 e. The standard InChI is InChI=1S/C32H33F6N3O3.2ClH/c1-20-8-9-22(14-21(20)2)15-26-19-40(11-5-7-28-27(30(43)44-3)6-4-10-39-28)12-13-41(26)29(42)23-16-24(31(33,34)35)18-25(17-23)32(36,37)38;;/h4,6,8-10,14,16-18,26H,5,7,11-13,15,19H2,1-3H3;2*1H/t26-;;/m1../s1. The maximum atomic E-state index is 13.6. The number of rotatable bonds is 8. The third-order valence-corrected chi connectivity index (χ3v) is 7.89. The van der Waals surface area contributed by atoms with Crippen molar-refractivity contribution in [3.05, 3.63) is 99.4 Å². The minimum absolute atomic E-state index is 0. The van der Waals surface area contributed by atoms with E-state index in [9.17, 15) is 35.9 Å². The van der Waals surface area contributed by atoms with Gasteiger partial charge >= 0.3 is 18.3 Å². The summed E-state index contributed by atoms with van der Waals surface area (Å²) in [5.74, 6) is -1.37. The average Bonchev–Trinajstić information content (AvgIpc) is 2.97. The van der Waals surface area contributed by atoms with E-state index in [-0.39, 0.29) is 37.4 Å². The van der Waals surface area contributed by atoms with Crippen molar-refractivity contribution >= 4 is 36.7 Å². The molecule has 4 rings (SSSR count). The normalized spacial score (nSPS) is 15.5. The number of aryl methyl sites for hydroxylation is 3. The van der Waals surface area contributed by atoms with Gasteiger partial charge in [-0.05, 0) is 86.7 Å². The number of methoxy groups -OCH3 is 1. The number of hydrogen-bond acceptors (Lipinski definition) is 5. The second-order valence-corrected chi connectivity index (χ2v) is 11.0. The summed E-state index contributed by atoms with van der Waals surface area (Å²) in [5.41, 5.74) is 0.239. The predicted molar refractivity (Wildman–Crippen MR) is 166 cm³/mol. The first-order valence-corrected chi connectivity index (χ1v) is 14.1. The lowest BCUT2D eigenvalue weighted by atomic mass is 9.97. The molecule has 0 aliphatic carbocycles. The number of nitrogens with zero attached hydrogens (tertiary/aromatic N) is 3. The van der Waals surface area contributed by atoms with Crippen molar-refractivity contribution in [2.24, 2.45) is 0 Å². The van der Waals surface area contributed by atoms with Gasteiger partial charge in [0.2, 0.25) is 0 Å². The first-order chi connectivity index (χ1) is 20.7. The molecule has 1 fully saturated rings. The average molecular weight is 695 g/mol. The Bertz CT molecular complexity index is 1480. The van der Waals surface area contributed by atoms with E-state index in [0.29, 0.717) is 62.3 Å². The second kappa shape index (κ2) is 16.0. The van der Waals surface area contributed by atoms with Crippen LogP contribution in [0.25, 0.3) is 0 Å². The van der Waals surface area contributed by atoms with Gasteiger partial charge in [-0.15, -0.1) is 24.8 Å². The molecular weight excluding hydrogens is 659 g/mol. The molecule has 1 saturated heterocycles. The molecule has 0 unspecified atom stereocenters. The Hall–Kier alpha value is -3.35. The zero-order valence-electron chi connectivity index (χ0n) is 25.4. The van der Waals surface area contributed by atoms with E-state index in [1.165, 1.54) is 12.0 Å². The zero-order valence-corrected chi connectivity index (χ0v) is 27.0. The minimum Gasteiger partial charge on any atom is -0.465 e. The monoisotopic (exact) mass is 693 g/mol. The highest BCUT2D eigenvalue weighted by Gasteiger charge is 2.39. The number of halogens is 8. The van der Waals surface area contributed by atoms with Gasteiger partial charge in [0.25, 0.3) is 5.91 Å². The first-order valence-electron chi connectivity index (χ1n) is 14.1. The van der Waals surface area contributed by atoms with Gasteiger partial charge in [-0.25, -0.2) is 4.79 Å². The van der Waals surface area contributed by atoms with Gasteiger partial charge in [0.1, 0.15) is 0 Å². The lowest BCUT2D eigenvalue weighted by Crippen LogP contribution is -2.56. The Labute approximate surface area is 275 Å². The van der Waals surface area contributed by atoms with Gasteiger partial charge in [-0.2, -0.15) is 26.3 Å². The van der Waals surface area contributed by atoms with E-state index >= 15 is 0 Å². The number of aromatic nitrogens is 1. The molecule has 46 heavy (non-hydrogen) atoms. The molecule has 1 amide bonds. The summed E-state index contributed by atoms with van der Waals surface area (Å²) in [4.78, 5) is 33.5. The van der Waals surface area contributed by atoms with E-state index in [2.05, 4.69) is 9.88 Å². The number of esters is 1. The fraction of sp³-hybridized carbons (Fsp3) is 0.406. The Kier molecular flexibility index (Phi) is 13.5. The number of ether oxygens (including phenoxy) is 1. The fourth-order valence-electron chi connectivity index (χ4n) is 5.41. The lowest BCUT2D eigenvalue weighted by Gasteiger charge is -2.42. The summed E-state index contributed by atoms with van der Waals surface area (Å²) in [7, 11) is 1.29. The van der Waals surface area contributed by atoms with Crippen molar-refractivity contribution in [3.8, 4) is 0 Å². The number of hydrogen-bond donors (Lipinski definition) is 0. The summed E-state index contributed by atoms with van der Waals surface area (Å²) in [5, 5.41) is 0. The van der Waals surface area contributed by atoms with E-state index in [1.807, 2.05) is 32.0 Å². The van der Waals surface area contributed by atoms with Crippen LogP contribution >= 0.6 is 24.8 Å². The van der Waals surface area contributed by atoms with E-state index in [4.69, 9.17) is 4.74 Å². The first kappa shape index (κ1) is 38.8. The quantitative estimate of drug-likeness (QED) is 0.182. The fourth-order valence-corrected chi connectivity index (χ4v) is 5.41. The molecule has 0 radical (unpaired) electrons. The van der Waals surface area contributed by atoms with Crippen molar-refractivity contribution in [1.82, 2.24) is 14.8 Å². The van der Waals surface area contributed by atoms with Crippen LogP contribution in [-0.4, -0.2) is 66.0 Å². The van der Waals surface area contributed by atoms with Crippen LogP contribution in [0.1, 0.15) is 60.6 Å². The van der Waals surface area contributed by atoms with Crippen molar-refractivity contribution in [2.75, 3.05) is 33.3 Å². The van der Waals surface area contributed by atoms with Gasteiger partial charge in [0, 0.05) is 37.4 Å². The Morgan fingerprint density at radius 3 is 2.15 bits per heavy atom. The number of carbonyl (C=O) groups is 2. The molecule has 2 heterocycles. The Morgan fingerprint density at radius 1 is 0.913 bits per heavy atom. The van der Waals surface area contributed by atoms with Crippen LogP contribution in [0.4, 0.5) is 26.3 Å². The number of amides is 1. The van der Waals surface area contributed by atoms with Gasteiger partial charge in [0.15, 0.2) is 0 Å². The Morgan fingerprint density at radius 2 is 1.57 bits per heavy atom. The van der Waals surface area contributed by atoms with Gasteiger partial charge in [0.05, 0.1) is 29.5 Å². The molecule has 252 valence electrons. The number of alkyl halides is 6. The Balaban J connectivity index is 0.00000368. The minimum atomic E-state index is -5.06. The summed E-state index contributed by atoms with van der Waals surface area (Å²) in [6, 6.07) is 9.58. The molecule has 0 N–H and O–H groups in total. The number of pyridine rings is 1. The molecule has 0 saturated carbocycles. The summed E-state index contributed by atoms with van der Waals surface area (Å²) < 4.78 is 86.0. The van der Waals surface area contributed by atoms with Crippen molar-refractivity contribution in [3.63, 3.8) is 0 Å². The molecule has 1 aliphatic rings. The zero-order chi connectivity index (χ0) is 32.2. The van der Waals surface area contributed by atoms with Crippen molar-refractivity contribution in [1.29, 1.82) is 0 Å². The molecule has 6 nitrogen and oxygen atoms in total. The topological polar surface area (TPSA) is 62.7 Å². The lowest BCUT2D eigenvalue weighted by molar-refractivity contribution is -0.143. The van der Waals surface area contributed by atoms with E-state index < -0.39 is 47.0 Å². The number of carbonyl (C=O) groups excluding carboxylic acids is 2. The molecule has 1 aromatic heterocycles. The van der Waals surface area contributed by atoms with Crippen molar-refractivity contribution < 1.29 is 40.7 Å². The highest BCUT2D eigenvalue weighted by Crippen LogP contribution is 2.37. The van der Waals surface area contributed by atoms with Crippen LogP contribution in [0.3, 0.4) is 0 Å². The summed E-state index contributed by atoms with van der Waals surface area (Å²) in [6.45, 7) is 5.31. The van der Waals surface area contributed by atoms with Crippen LogP contribution in [0.2, 0.25) is 0 Å². The molecule has 0 bridgehead atoms. The van der Waals surface area contributed by atoms with Crippen LogP contribution in [0.15, 0.2) is 54.7 Å². The third kappa shape index (κ3) is 9.59. The summed E-state index contributed by atoms with van der Waals surface area (Å²) in [6.07, 6.45) is -7.07. The largest absolute Gasteiger partial charge is 0.465 e. The maximum Gasteiger partial charge on any atom is 0.416 e.